The van der Waals surface area contributed by atoms with Gasteiger partial charge in [-0.1, -0.05) is 32.1 Å². The Bertz CT molecular complexity index is 526. The topological polar surface area (TPSA) is 36.4 Å². The van der Waals surface area contributed by atoms with Gasteiger partial charge in [0.1, 0.15) is 0 Å². The first kappa shape index (κ1) is 14.5. The normalized spacial score (nSPS) is 11.8. The van der Waals surface area contributed by atoms with Crippen molar-refractivity contribution in [2.45, 2.75) is 39.3 Å². The molecule has 0 fully saturated rings. The Morgan fingerprint density at radius 1 is 1.37 bits per heavy atom. The van der Waals surface area contributed by atoms with Crippen molar-refractivity contribution in [2.24, 2.45) is 0 Å². The Morgan fingerprint density at radius 3 is 2.58 bits per heavy atom. The largest absolute Gasteiger partial charge is 0.391 e. The first-order chi connectivity index (χ1) is 8.91. The van der Waals surface area contributed by atoms with Gasteiger partial charge in [-0.25, -0.2) is 4.98 Å². The number of anilines is 1. The van der Waals surface area contributed by atoms with Crippen LogP contribution in [0.1, 0.15) is 36.9 Å². The van der Waals surface area contributed by atoms with Crippen LogP contribution in [0.3, 0.4) is 0 Å². The SMILES string of the molecule is CN(Cc1ccsc1)c1nc(C(C)(C)C)c(CO)s1. The van der Waals surface area contributed by atoms with Crippen LogP contribution in [0.5, 0.6) is 0 Å². The molecule has 0 amide bonds. The summed E-state index contributed by atoms with van der Waals surface area (Å²) in [4.78, 5) is 7.83. The lowest BCUT2D eigenvalue weighted by atomic mass is 9.91. The van der Waals surface area contributed by atoms with Gasteiger partial charge < -0.3 is 10.0 Å². The lowest BCUT2D eigenvalue weighted by Gasteiger charge is -2.17. The molecule has 104 valence electrons. The average Bonchev–Trinajstić information content (AvgIpc) is 2.95. The van der Waals surface area contributed by atoms with Crippen LogP contribution in [0.4, 0.5) is 5.13 Å². The smallest absolute Gasteiger partial charge is 0.185 e. The van der Waals surface area contributed by atoms with E-state index in [1.54, 1.807) is 22.7 Å². The molecule has 2 rings (SSSR count). The maximum absolute atomic E-state index is 9.49. The summed E-state index contributed by atoms with van der Waals surface area (Å²) in [5.41, 5.74) is 2.27. The number of hydrogen-bond donors (Lipinski definition) is 1. The van der Waals surface area contributed by atoms with Crippen molar-refractivity contribution in [3.63, 3.8) is 0 Å². The molecular weight excluding hydrogens is 276 g/mol. The number of nitrogens with zero attached hydrogens (tertiary/aromatic N) is 2. The van der Waals surface area contributed by atoms with Crippen molar-refractivity contribution >= 4 is 27.8 Å². The minimum Gasteiger partial charge on any atom is -0.391 e. The molecule has 0 unspecified atom stereocenters. The van der Waals surface area contributed by atoms with Crippen LogP contribution in [0.25, 0.3) is 0 Å². The second-order valence-corrected chi connectivity index (χ2v) is 7.51. The van der Waals surface area contributed by atoms with E-state index in [4.69, 9.17) is 4.98 Å². The molecule has 0 radical (unpaired) electrons. The molecule has 0 spiro atoms. The molecule has 19 heavy (non-hydrogen) atoms. The number of aromatic nitrogens is 1. The highest BCUT2D eigenvalue weighted by Gasteiger charge is 2.23. The lowest BCUT2D eigenvalue weighted by Crippen LogP contribution is -2.17. The first-order valence-corrected chi connectivity index (χ1v) is 8.01. The van der Waals surface area contributed by atoms with Crippen molar-refractivity contribution in [1.29, 1.82) is 0 Å². The fraction of sp³-hybridized carbons (Fsp3) is 0.500. The van der Waals surface area contributed by atoms with E-state index in [0.717, 1.165) is 22.2 Å². The molecule has 0 saturated heterocycles. The average molecular weight is 296 g/mol. The zero-order valence-corrected chi connectivity index (χ0v) is 13.4. The van der Waals surface area contributed by atoms with Gasteiger partial charge in [0.05, 0.1) is 17.2 Å². The molecule has 0 aliphatic rings. The monoisotopic (exact) mass is 296 g/mol. The highest BCUT2D eigenvalue weighted by Crippen LogP contribution is 2.33. The molecule has 2 heterocycles. The Hall–Kier alpha value is -0.910. The number of aliphatic hydroxyl groups excluding tert-OH is 1. The summed E-state index contributed by atoms with van der Waals surface area (Å²) in [5, 5.41) is 14.7. The fourth-order valence-electron chi connectivity index (χ4n) is 1.92. The van der Waals surface area contributed by atoms with Gasteiger partial charge in [0.2, 0.25) is 0 Å². The van der Waals surface area contributed by atoms with Gasteiger partial charge in [-0.05, 0) is 22.4 Å². The van der Waals surface area contributed by atoms with Crippen molar-refractivity contribution in [1.82, 2.24) is 4.98 Å². The molecule has 2 aromatic heterocycles. The number of thiophene rings is 1. The highest BCUT2D eigenvalue weighted by atomic mass is 32.1. The second kappa shape index (κ2) is 5.61. The van der Waals surface area contributed by atoms with Gasteiger partial charge in [0, 0.05) is 19.0 Å². The van der Waals surface area contributed by atoms with E-state index in [9.17, 15) is 5.11 Å². The standard InChI is InChI=1S/C14H20N2OS2/c1-14(2,3)12-11(8-17)19-13(15-12)16(4)7-10-5-6-18-9-10/h5-6,9,17H,7-8H2,1-4H3. The predicted octanol–water partition coefficient (Wildman–Crippen LogP) is 3.63. The second-order valence-electron chi connectivity index (χ2n) is 5.66. The summed E-state index contributed by atoms with van der Waals surface area (Å²) in [6, 6.07) is 2.13. The van der Waals surface area contributed by atoms with Gasteiger partial charge in [0.25, 0.3) is 0 Å². The van der Waals surface area contributed by atoms with Crippen molar-refractivity contribution in [3.05, 3.63) is 33.0 Å². The van der Waals surface area contributed by atoms with E-state index in [-0.39, 0.29) is 12.0 Å². The minimum atomic E-state index is -0.0317. The van der Waals surface area contributed by atoms with Crippen LogP contribution in [0, 0.1) is 0 Å². The number of rotatable bonds is 4. The summed E-state index contributed by atoms with van der Waals surface area (Å²) in [6.07, 6.45) is 0. The van der Waals surface area contributed by atoms with E-state index in [0.29, 0.717) is 0 Å². The molecule has 0 aliphatic heterocycles. The van der Waals surface area contributed by atoms with Crippen LogP contribution in [-0.4, -0.2) is 17.1 Å². The fourth-order valence-corrected chi connectivity index (χ4v) is 3.67. The molecule has 1 N–H and O–H groups in total. The lowest BCUT2D eigenvalue weighted by molar-refractivity contribution is 0.282. The zero-order valence-electron chi connectivity index (χ0n) is 11.8. The highest BCUT2D eigenvalue weighted by molar-refractivity contribution is 7.15. The van der Waals surface area contributed by atoms with Crippen LogP contribution in [-0.2, 0) is 18.6 Å². The van der Waals surface area contributed by atoms with Gasteiger partial charge >= 0.3 is 0 Å². The maximum atomic E-state index is 9.49. The molecule has 3 nitrogen and oxygen atoms in total. The van der Waals surface area contributed by atoms with Crippen molar-refractivity contribution in [3.8, 4) is 0 Å². The van der Waals surface area contributed by atoms with Crippen LogP contribution < -0.4 is 4.90 Å². The predicted molar refractivity (Wildman–Crippen MR) is 83.2 cm³/mol. The molecule has 0 bridgehead atoms. The van der Waals surface area contributed by atoms with Gasteiger partial charge in [-0.2, -0.15) is 11.3 Å². The van der Waals surface area contributed by atoms with Crippen LogP contribution >= 0.6 is 22.7 Å². The van der Waals surface area contributed by atoms with E-state index in [1.807, 2.05) is 7.05 Å². The Labute approximate surface area is 122 Å². The minimum absolute atomic E-state index is 0.0317. The zero-order chi connectivity index (χ0) is 14.0. The van der Waals surface area contributed by atoms with Crippen LogP contribution in [0.15, 0.2) is 16.8 Å². The summed E-state index contributed by atoms with van der Waals surface area (Å²) in [7, 11) is 2.05. The summed E-state index contributed by atoms with van der Waals surface area (Å²) >= 11 is 3.29. The van der Waals surface area contributed by atoms with E-state index >= 15 is 0 Å². The van der Waals surface area contributed by atoms with Crippen LogP contribution in [0.2, 0.25) is 0 Å². The molecule has 5 heteroatoms. The molecule has 2 aromatic rings. The Kier molecular flexibility index (Phi) is 4.28. The molecule has 0 saturated carbocycles. The quantitative estimate of drug-likeness (QED) is 0.936. The van der Waals surface area contributed by atoms with E-state index in [2.05, 4.69) is 42.5 Å². The number of hydrogen-bond acceptors (Lipinski definition) is 5. The Balaban J connectivity index is 2.23. The van der Waals surface area contributed by atoms with Gasteiger partial charge in [-0.3, -0.25) is 0 Å². The van der Waals surface area contributed by atoms with Gasteiger partial charge in [0.15, 0.2) is 5.13 Å². The van der Waals surface area contributed by atoms with Crippen molar-refractivity contribution in [2.75, 3.05) is 11.9 Å². The molecule has 0 aliphatic carbocycles. The number of aliphatic hydroxyl groups is 1. The Morgan fingerprint density at radius 2 is 2.11 bits per heavy atom. The van der Waals surface area contributed by atoms with Gasteiger partial charge in [-0.15, -0.1) is 0 Å². The summed E-state index contributed by atoms with van der Waals surface area (Å²) < 4.78 is 0. The first-order valence-electron chi connectivity index (χ1n) is 6.25. The molecular formula is C14H20N2OS2. The van der Waals surface area contributed by atoms with E-state index < -0.39 is 0 Å². The number of thiazole rings is 1. The summed E-state index contributed by atoms with van der Waals surface area (Å²) in [6.45, 7) is 7.31. The molecule has 0 aromatic carbocycles. The summed E-state index contributed by atoms with van der Waals surface area (Å²) in [5.74, 6) is 0. The third kappa shape index (κ3) is 3.35. The van der Waals surface area contributed by atoms with E-state index in [1.165, 1.54) is 5.56 Å². The van der Waals surface area contributed by atoms with Crippen molar-refractivity contribution < 1.29 is 5.11 Å². The third-order valence-electron chi connectivity index (χ3n) is 2.87. The maximum Gasteiger partial charge on any atom is 0.185 e. The third-order valence-corrected chi connectivity index (χ3v) is 4.75. The molecule has 0 atom stereocenters.